The van der Waals surface area contributed by atoms with Gasteiger partial charge in [0, 0.05) is 19.5 Å². The van der Waals surface area contributed by atoms with E-state index < -0.39 is 0 Å². The minimum absolute atomic E-state index is 0.233. The van der Waals surface area contributed by atoms with E-state index in [2.05, 4.69) is 52.1 Å². The fourth-order valence-electron chi connectivity index (χ4n) is 4.46. The second kappa shape index (κ2) is 11.1. The van der Waals surface area contributed by atoms with Crippen LogP contribution in [0.2, 0.25) is 0 Å². The molecule has 6 heteroatoms. The third kappa shape index (κ3) is 5.80. The van der Waals surface area contributed by atoms with E-state index in [4.69, 9.17) is 14.2 Å². The summed E-state index contributed by atoms with van der Waals surface area (Å²) in [6.07, 6.45) is 2.81. The number of rotatable bonds is 8. The molecular formula is C28H30BrNO4. The van der Waals surface area contributed by atoms with E-state index in [1.165, 1.54) is 23.6 Å². The molecule has 178 valence electrons. The normalized spacial score (nSPS) is 15.5. The first-order valence-electron chi connectivity index (χ1n) is 11.5. The van der Waals surface area contributed by atoms with Gasteiger partial charge in [-0.3, -0.25) is 9.69 Å². The Labute approximate surface area is 209 Å². The average Bonchev–Trinajstić information content (AvgIpc) is 2.83. The lowest BCUT2D eigenvalue weighted by atomic mass is 9.89. The molecule has 0 saturated heterocycles. The maximum absolute atomic E-state index is 11.6. The van der Waals surface area contributed by atoms with Crippen LogP contribution in [0.25, 0.3) is 0 Å². The summed E-state index contributed by atoms with van der Waals surface area (Å²) in [6.45, 7) is 2.92. The Kier molecular flexibility index (Phi) is 7.91. The molecule has 0 N–H and O–H groups in total. The highest BCUT2D eigenvalue weighted by atomic mass is 79.9. The molecule has 0 aliphatic carbocycles. The van der Waals surface area contributed by atoms with Crippen molar-refractivity contribution in [3.8, 4) is 17.2 Å². The van der Waals surface area contributed by atoms with Gasteiger partial charge < -0.3 is 14.2 Å². The number of likely N-dealkylation sites (N-methyl/N-ethyl adjacent to an activating group) is 1. The Bertz CT molecular complexity index is 1150. The lowest BCUT2D eigenvalue weighted by molar-refractivity contribution is -0.132. The van der Waals surface area contributed by atoms with Crippen molar-refractivity contribution < 1.29 is 19.0 Å². The van der Waals surface area contributed by atoms with E-state index >= 15 is 0 Å². The summed E-state index contributed by atoms with van der Waals surface area (Å²) >= 11 is 3.67. The van der Waals surface area contributed by atoms with Crippen molar-refractivity contribution in [2.75, 3.05) is 20.7 Å². The van der Waals surface area contributed by atoms with Gasteiger partial charge >= 0.3 is 5.97 Å². The Morgan fingerprint density at radius 1 is 1.03 bits per heavy atom. The highest BCUT2D eigenvalue weighted by Gasteiger charge is 2.27. The van der Waals surface area contributed by atoms with Gasteiger partial charge in [0.2, 0.25) is 0 Å². The zero-order valence-electron chi connectivity index (χ0n) is 19.8. The molecule has 1 aliphatic heterocycles. The van der Waals surface area contributed by atoms with Crippen LogP contribution >= 0.6 is 15.9 Å². The molecule has 3 aromatic rings. The number of carbonyl (C=O) groups excluding carboxylic acids is 1. The van der Waals surface area contributed by atoms with Gasteiger partial charge in [-0.25, -0.2) is 0 Å². The Morgan fingerprint density at radius 3 is 2.53 bits per heavy atom. The molecule has 0 fully saturated rings. The van der Waals surface area contributed by atoms with Crippen molar-refractivity contribution in [3.63, 3.8) is 0 Å². The number of nitrogens with zero attached hydrogens (tertiary/aromatic N) is 1. The van der Waals surface area contributed by atoms with Crippen LogP contribution in [0, 0.1) is 0 Å². The number of carbonyl (C=O) groups is 1. The smallest absolute Gasteiger partial charge is 0.308 e. The molecule has 0 aromatic heterocycles. The van der Waals surface area contributed by atoms with E-state index in [0.29, 0.717) is 18.1 Å². The third-order valence-corrected chi connectivity index (χ3v) is 6.86. The first kappa shape index (κ1) is 24.3. The van der Waals surface area contributed by atoms with Crippen LogP contribution < -0.4 is 14.2 Å². The minimum atomic E-state index is -0.349. The summed E-state index contributed by atoms with van der Waals surface area (Å²) < 4.78 is 17.9. The molecule has 0 saturated carbocycles. The van der Waals surface area contributed by atoms with E-state index in [1.54, 1.807) is 7.11 Å². The number of halogens is 1. The maximum atomic E-state index is 11.6. The second-order valence-electron chi connectivity index (χ2n) is 8.62. The molecule has 5 nitrogen and oxygen atoms in total. The SMILES string of the molecule is COc1cc2c(cc1OC(C)=O)[C@@H](CCc1ccc(OCc3ccccc3)c(Br)c1)N(C)CC2. The molecule has 0 bridgehead atoms. The van der Waals surface area contributed by atoms with Gasteiger partial charge in [-0.05, 0) is 88.8 Å². The first-order chi connectivity index (χ1) is 16.4. The number of aryl methyl sites for hydroxylation is 1. The molecule has 0 radical (unpaired) electrons. The number of methoxy groups -OCH3 is 1. The predicted molar refractivity (Wildman–Crippen MR) is 137 cm³/mol. The quantitative estimate of drug-likeness (QED) is 0.262. The van der Waals surface area contributed by atoms with Gasteiger partial charge in [0.15, 0.2) is 11.5 Å². The van der Waals surface area contributed by atoms with Gasteiger partial charge in [0.05, 0.1) is 11.6 Å². The molecule has 1 aliphatic rings. The summed E-state index contributed by atoms with van der Waals surface area (Å²) in [5.41, 5.74) is 4.84. The lowest BCUT2D eigenvalue weighted by Crippen LogP contribution is -2.32. The lowest BCUT2D eigenvalue weighted by Gasteiger charge is -2.35. The Hall–Kier alpha value is -2.83. The van der Waals surface area contributed by atoms with Gasteiger partial charge in [-0.1, -0.05) is 36.4 Å². The number of hydrogen-bond donors (Lipinski definition) is 0. The number of hydrogen-bond acceptors (Lipinski definition) is 5. The fourth-order valence-corrected chi connectivity index (χ4v) is 5.00. The van der Waals surface area contributed by atoms with Crippen molar-refractivity contribution in [1.29, 1.82) is 0 Å². The van der Waals surface area contributed by atoms with E-state index in [-0.39, 0.29) is 12.0 Å². The summed E-state index contributed by atoms with van der Waals surface area (Å²) in [6, 6.07) is 20.7. The van der Waals surface area contributed by atoms with Crippen LogP contribution in [0.1, 0.15) is 41.6 Å². The van der Waals surface area contributed by atoms with Crippen molar-refractivity contribution in [3.05, 3.63) is 87.4 Å². The second-order valence-corrected chi connectivity index (χ2v) is 9.47. The van der Waals surface area contributed by atoms with Crippen molar-refractivity contribution in [2.45, 2.75) is 38.8 Å². The number of fused-ring (bicyclic) bond motifs is 1. The number of esters is 1. The van der Waals surface area contributed by atoms with Crippen LogP contribution in [-0.2, 0) is 24.2 Å². The first-order valence-corrected chi connectivity index (χ1v) is 12.3. The average molecular weight is 524 g/mol. The molecule has 0 amide bonds. The molecular weight excluding hydrogens is 494 g/mol. The van der Waals surface area contributed by atoms with E-state index in [9.17, 15) is 4.79 Å². The van der Waals surface area contributed by atoms with E-state index in [1.807, 2.05) is 36.4 Å². The largest absolute Gasteiger partial charge is 0.493 e. The molecule has 3 aromatic carbocycles. The summed E-state index contributed by atoms with van der Waals surface area (Å²) in [7, 11) is 3.76. The number of benzene rings is 3. The molecule has 0 unspecified atom stereocenters. The van der Waals surface area contributed by atoms with Gasteiger partial charge in [-0.2, -0.15) is 0 Å². The minimum Gasteiger partial charge on any atom is -0.493 e. The van der Waals surface area contributed by atoms with Gasteiger partial charge in [-0.15, -0.1) is 0 Å². The summed E-state index contributed by atoms with van der Waals surface area (Å²) in [5.74, 6) is 1.58. The van der Waals surface area contributed by atoms with Gasteiger partial charge in [0.25, 0.3) is 0 Å². The molecule has 0 spiro atoms. The maximum Gasteiger partial charge on any atom is 0.308 e. The van der Waals surface area contributed by atoms with Crippen molar-refractivity contribution in [2.24, 2.45) is 0 Å². The standard InChI is InChI=1S/C28H30BrNO4/c1-19(31)34-28-17-23-22(16-27(28)32-3)13-14-30(2)25(23)11-9-20-10-12-26(24(29)15-20)33-18-21-7-5-4-6-8-21/h4-8,10,12,15-17,25H,9,11,13-14,18H2,1-3H3/t25-/m1/s1. The van der Waals surface area contributed by atoms with Crippen LogP contribution in [0.4, 0.5) is 0 Å². The van der Waals surface area contributed by atoms with Crippen molar-refractivity contribution >= 4 is 21.9 Å². The molecule has 1 heterocycles. The van der Waals surface area contributed by atoms with Crippen LogP contribution in [-0.4, -0.2) is 31.6 Å². The van der Waals surface area contributed by atoms with Crippen LogP contribution in [0.15, 0.2) is 65.1 Å². The molecule has 1 atom stereocenters. The predicted octanol–water partition coefficient (Wildman–Crippen LogP) is 6.12. The zero-order valence-corrected chi connectivity index (χ0v) is 21.4. The Balaban J connectivity index is 1.47. The van der Waals surface area contributed by atoms with E-state index in [0.717, 1.165) is 41.6 Å². The van der Waals surface area contributed by atoms with Crippen molar-refractivity contribution in [1.82, 2.24) is 4.90 Å². The zero-order chi connectivity index (χ0) is 24.1. The third-order valence-electron chi connectivity index (χ3n) is 6.24. The highest BCUT2D eigenvalue weighted by Crippen LogP contribution is 2.40. The monoisotopic (exact) mass is 523 g/mol. The van der Waals surface area contributed by atoms with Crippen LogP contribution in [0.5, 0.6) is 17.2 Å². The molecule has 4 rings (SSSR count). The van der Waals surface area contributed by atoms with Crippen LogP contribution in [0.3, 0.4) is 0 Å². The molecule has 34 heavy (non-hydrogen) atoms. The topological polar surface area (TPSA) is 48.0 Å². The summed E-state index contributed by atoms with van der Waals surface area (Å²) in [5, 5.41) is 0. The highest BCUT2D eigenvalue weighted by molar-refractivity contribution is 9.10. The summed E-state index contributed by atoms with van der Waals surface area (Å²) in [4.78, 5) is 14.0. The van der Waals surface area contributed by atoms with Gasteiger partial charge in [0.1, 0.15) is 12.4 Å². The fraction of sp³-hybridized carbons (Fsp3) is 0.321. The number of ether oxygens (including phenoxy) is 3. The Morgan fingerprint density at radius 2 is 1.82 bits per heavy atom.